The van der Waals surface area contributed by atoms with Gasteiger partial charge in [-0.15, -0.1) is 22.9 Å². The van der Waals surface area contributed by atoms with Crippen molar-refractivity contribution in [2.75, 3.05) is 0 Å². The number of nitrogens with zero attached hydrogens (tertiary/aromatic N) is 1. The Kier molecular flexibility index (Phi) is 3.80. The van der Waals surface area contributed by atoms with Gasteiger partial charge in [0, 0.05) is 11.8 Å². The summed E-state index contributed by atoms with van der Waals surface area (Å²) in [4.78, 5) is 5.12. The summed E-state index contributed by atoms with van der Waals surface area (Å²) in [7, 11) is 0. The molecule has 4 heteroatoms. The first kappa shape index (κ1) is 11.4. The van der Waals surface area contributed by atoms with E-state index in [1.807, 2.05) is 25.3 Å². The van der Waals surface area contributed by atoms with Gasteiger partial charge in [0.2, 0.25) is 0 Å². The second kappa shape index (κ2) is 5.32. The summed E-state index contributed by atoms with van der Waals surface area (Å²) in [5.41, 5.74) is 4.03. The fraction of sp³-hybridized carbons (Fsp3) is 0.250. The molecular weight excluding hydrogens is 242 g/mol. The lowest BCUT2D eigenvalue weighted by molar-refractivity contribution is 0.307. The van der Waals surface area contributed by atoms with Crippen LogP contribution in [0.5, 0.6) is 5.75 Å². The zero-order valence-electron chi connectivity index (χ0n) is 8.94. The fourth-order valence-corrected chi connectivity index (χ4v) is 2.13. The predicted molar refractivity (Wildman–Crippen MR) is 67.2 cm³/mol. The highest BCUT2D eigenvalue weighted by molar-refractivity contribution is 7.09. The van der Waals surface area contributed by atoms with Gasteiger partial charge in [-0.05, 0) is 13.0 Å². The van der Waals surface area contributed by atoms with Crippen LogP contribution in [0.15, 0.2) is 29.9 Å². The van der Waals surface area contributed by atoms with E-state index in [0.29, 0.717) is 12.5 Å². The van der Waals surface area contributed by atoms with Gasteiger partial charge in [-0.25, -0.2) is 0 Å². The Morgan fingerprint density at radius 3 is 3.00 bits per heavy atom. The number of hydrogen-bond acceptors (Lipinski definition) is 3. The maximum Gasteiger partial charge on any atom is 0.124 e. The molecule has 0 saturated heterocycles. The standard InChI is InChI=1S/C12H12ClNOS/c1-9-2-3-12(10(4-9)5-13)15-7-11-6-14-8-16-11/h2-4,6,8H,5,7H2,1H3. The maximum absolute atomic E-state index is 5.87. The summed E-state index contributed by atoms with van der Waals surface area (Å²) in [6, 6.07) is 6.04. The van der Waals surface area contributed by atoms with Gasteiger partial charge in [0.05, 0.1) is 16.3 Å². The Bertz CT molecular complexity index is 456. The number of aryl methyl sites for hydroxylation is 1. The molecule has 0 aliphatic carbocycles. The smallest absolute Gasteiger partial charge is 0.124 e. The minimum atomic E-state index is 0.472. The van der Waals surface area contributed by atoms with Crippen LogP contribution in [0.25, 0.3) is 0 Å². The van der Waals surface area contributed by atoms with Crippen molar-refractivity contribution in [3.8, 4) is 5.75 Å². The van der Waals surface area contributed by atoms with Crippen LogP contribution < -0.4 is 4.74 Å². The first-order valence-corrected chi connectivity index (χ1v) is 6.36. The van der Waals surface area contributed by atoms with Crippen molar-refractivity contribution >= 4 is 22.9 Å². The van der Waals surface area contributed by atoms with Crippen LogP contribution in [0, 0.1) is 6.92 Å². The number of halogens is 1. The van der Waals surface area contributed by atoms with Crippen molar-refractivity contribution in [1.29, 1.82) is 0 Å². The summed E-state index contributed by atoms with van der Waals surface area (Å²) < 4.78 is 5.71. The molecule has 0 amide bonds. The first-order valence-electron chi connectivity index (χ1n) is 4.95. The molecule has 1 heterocycles. The molecule has 0 aliphatic rings. The summed E-state index contributed by atoms with van der Waals surface area (Å²) in [5.74, 6) is 1.33. The summed E-state index contributed by atoms with van der Waals surface area (Å²) in [6.45, 7) is 2.60. The van der Waals surface area contributed by atoms with E-state index in [4.69, 9.17) is 16.3 Å². The van der Waals surface area contributed by atoms with Crippen molar-refractivity contribution < 1.29 is 4.74 Å². The first-order chi connectivity index (χ1) is 7.79. The fourth-order valence-electron chi connectivity index (χ4n) is 1.42. The number of benzene rings is 1. The quantitative estimate of drug-likeness (QED) is 0.774. The average Bonchev–Trinajstić information content (AvgIpc) is 2.80. The molecule has 0 aliphatic heterocycles. The third-order valence-electron chi connectivity index (χ3n) is 2.21. The van der Waals surface area contributed by atoms with Crippen LogP contribution in [0.2, 0.25) is 0 Å². The van der Waals surface area contributed by atoms with E-state index >= 15 is 0 Å². The predicted octanol–water partition coefficient (Wildman–Crippen LogP) is 3.77. The molecule has 1 aromatic carbocycles. The van der Waals surface area contributed by atoms with Crippen molar-refractivity contribution in [3.63, 3.8) is 0 Å². The van der Waals surface area contributed by atoms with E-state index < -0.39 is 0 Å². The van der Waals surface area contributed by atoms with Gasteiger partial charge in [-0.2, -0.15) is 0 Å². The average molecular weight is 254 g/mol. The third kappa shape index (κ3) is 2.74. The lowest BCUT2D eigenvalue weighted by atomic mass is 10.1. The van der Waals surface area contributed by atoms with Crippen LogP contribution in [0.1, 0.15) is 16.0 Å². The van der Waals surface area contributed by atoms with E-state index in [1.165, 1.54) is 5.56 Å². The lowest BCUT2D eigenvalue weighted by Crippen LogP contribution is -1.96. The van der Waals surface area contributed by atoms with Crippen LogP contribution in [-0.4, -0.2) is 4.98 Å². The normalized spacial score (nSPS) is 10.4. The molecule has 2 rings (SSSR count). The molecule has 2 nitrogen and oxygen atoms in total. The summed E-state index contributed by atoms with van der Waals surface area (Å²) in [5, 5.41) is 0. The second-order valence-electron chi connectivity index (χ2n) is 3.50. The Labute approximate surface area is 104 Å². The van der Waals surface area contributed by atoms with Gasteiger partial charge in [-0.1, -0.05) is 17.7 Å². The molecule has 0 fully saturated rings. The molecule has 0 N–H and O–H groups in total. The van der Waals surface area contributed by atoms with Gasteiger partial charge in [0.1, 0.15) is 12.4 Å². The number of alkyl halides is 1. The van der Waals surface area contributed by atoms with Gasteiger partial charge >= 0.3 is 0 Å². The van der Waals surface area contributed by atoms with E-state index in [9.17, 15) is 0 Å². The van der Waals surface area contributed by atoms with E-state index in [0.717, 1.165) is 16.2 Å². The van der Waals surface area contributed by atoms with Gasteiger partial charge in [-0.3, -0.25) is 4.98 Å². The molecule has 0 spiro atoms. The van der Waals surface area contributed by atoms with Crippen LogP contribution >= 0.6 is 22.9 Å². The molecule has 1 aromatic heterocycles. The Morgan fingerprint density at radius 1 is 1.44 bits per heavy atom. The molecule has 0 unspecified atom stereocenters. The Balaban J connectivity index is 2.09. The third-order valence-corrected chi connectivity index (χ3v) is 3.25. The molecule has 2 aromatic rings. The number of ether oxygens (including phenoxy) is 1. The number of thiazole rings is 1. The second-order valence-corrected chi connectivity index (χ2v) is 4.74. The highest BCUT2D eigenvalue weighted by Gasteiger charge is 2.04. The van der Waals surface area contributed by atoms with Crippen molar-refractivity contribution in [2.24, 2.45) is 0 Å². The molecule has 16 heavy (non-hydrogen) atoms. The van der Waals surface area contributed by atoms with Crippen molar-refractivity contribution in [1.82, 2.24) is 4.98 Å². The van der Waals surface area contributed by atoms with Crippen LogP contribution in [0.3, 0.4) is 0 Å². The zero-order chi connectivity index (χ0) is 11.4. The molecular formula is C12H12ClNOS. The molecule has 0 saturated carbocycles. The molecule has 0 radical (unpaired) electrons. The van der Waals surface area contributed by atoms with Gasteiger partial charge in [0.15, 0.2) is 0 Å². The minimum Gasteiger partial charge on any atom is -0.488 e. The largest absolute Gasteiger partial charge is 0.488 e. The number of hydrogen-bond donors (Lipinski definition) is 0. The molecule has 84 valence electrons. The monoisotopic (exact) mass is 253 g/mol. The topological polar surface area (TPSA) is 22.1 Å². The maximum atomic E-state index is 5.87. The van der Waals surface area contributed by atoms with E-state index in [-0.39, 0.29) is 0 Å². The number of aromatic nitrogens is 1. The van der Waals surface area contributed by atoms with Crippen molar-refractivity contribution in [3.05, 3.63) is 45.9 Å². The summed E-state index contributed by atoms with van der Waals surface area (Å²) in [6.07, 6.45) is 1.82. The lowest BCUT2D eigenvalue weighted by Gasteiger charge is -2.09. The summed E-state index contributed by atoms with van der Waals surface area (Å²) >= 11 is 7.46. The van der Waals surface area contributed by atoms with Crippen LogP contribution in [0.4, 0.5) is 0 Å². The number of rotatable bonds is 4. The Hall–Kier alpha value is -1.06. The highest BCUT2D eigenvalue weighted by atomic mass is 35.5. The highest BCUT2D eigenvalue weighted by Crippen LogP contribution is 2.23. The van der Waals surface area contributed by atoms with E-state index in [1.54, 1.807) is 16.8 Å². The van der Waals surface area contributed by atoms with Crippen LogP contribution in [-0.2, 0) is 12.5 Å². The minimum absolute atomic E-state index is 0.472. The van der Waals surface area contributed by atoms with Crippen molar-refractivity contribution in [2.45, 2.75) is 19.4 Å². The molecule has 0 bridgehead atoms. The molecule has 0 atom stereocenters. The van der Waals surface area contributed by atoms with Gasteiger partial charge in [0.25, 0.3) is 0 Å². The van der Waals surface area contributed by atoms with E-state index in [2.05, 4.69) is 11.1 Å². The van der Waals surface area contributed by atoms with Gasteiger partial charge < -0.3 is 4.74 Å². The Morgan fingerprint density at radius 2 is 2.31 bits per heavy atom. The zero-order valence-corrected chi connectivity index (χ0v) is 10.5. The SMILES string of the molecule is Cc1ccc(OCc2cncs2)c(CCl)c1.